The highest BCUT2D eigenvalue weighted by atomic mass is 79.9. The van der Waals surface area contributed by atoms with E-state index in [0.29, 0.717) is 5.56 Å². The Balaban J connectivity index is 2.10. The topological polar surface area (TPSA) is 95.1 Å². The summed E-state index contributed by atoms with van der Waals surface area (Å²) in [6, 6.07) is 2.92. The molecule has 2 aromatic heterocycles. The van der Waals surface area contributed by atoms with Gasteiger partial charge in [0.15, 0.2) is 5.82 Å². The van der Waals surface area contributed by atoms with E-state index < -0.39 is 5.97 Å². The maximum absolute atomic E-state index is 11.7. The van der Waals surface area contributed by atoms with E-state index in [1.165, 1.54) is 17.4 Å². The number of rotatable bonds is 3. The van der Waals surface area contributed by atoms with Crippen molar-refractivity contribution in [1.82, 2.24) is 10.2 Å². The molecule has 0 unspecified atom stereocenters. The minimum absolute atomic E-state index is 0.0770. The predicted molar refractivity (Wildman–Crippen MR) is 65.5 cm³/mol. The predicted octanol–water partition coefficient (Wildman–Crippen LogP) is 2.18. The second-order valence-corrected chi connectivity index (χ2v) is 5.36. The van der Waals surface area contributed by atoms with E-state index in [9.17, 15) is 9.59 Å². The maximum Gasteiger partial charge on any atom is 0.353 e. The van der Waals surface area contributed by atoms with Gasteiger partial charge >= 0.3 is 5.97 Å². The first-order valence-electron chi connectivity index (χ1n) is 4.40. The first kappa shape index (κ1) is 11.8. The molecular formula is C9H6BrN3O3S. The average Bonchev–Trinajstić information content (AvgIpc) is 2.86. The molecule has 0 fully saturated rings. The number of amides is 1. The summed E-state index contributed by atoms with van der Waals surface area (Å²) in [5.41, 5.74) is 0.411. The number of carboxylic acids is 1. The Morgan fingerprint density at radius 2 is 2.24 bits per heavy atom. The number of halogens is 1. The fourth-order valence-corrected chi connectivity index (χ4v) is 2.25. The molecule has 2 rings (SSSR count). The Morgan fingerprint density at radius 3 is 2.76 bits per heavy atom. The maximum atomic E-state index is 11.7. The van der Waals surface area contributed by atoms with E-state index in [2.05, 4.69) is 31.4 Å². The number of carboxylic acid groups (broad SMARTS) is 1. The number of carbonyl (C=O) groups is 2. The molecule has 2 aromatic rings. The summed E-state index contributed by atoms with van der Waals surface area (Å²) < 4.78 is 0.843. The smallest absolute Gasteiger partial charge is 0.353 e. The zero-order valence-corrected chi connectivity index (χ0v) is 10.6. The number of H-pyrrole nitrogens is 1. The molecule has 0 spiro atoms. The third-order valence-corrected chi connectivity index (χ3v) is 3.38. The number of aromatic carboxylic acids is 1. The molecule has 88 valence electrons. The van der Waals surface area contributed by atoms with Crippen LogP contribution in [-0.2, 0) is 0 Å². The molecule has 8 heteroatoms. The quantitative estimate of drug-likeness (QED) is 0.809. The van der Waals surface area contributed by atoms with Crippen molar-refractivity contribution in [1.29, 1.82) is 0 Å². The Morgan fingerprint density at radius 1 is 1.47 bits per heavy atom. The molecule has 0 atom stereocenters. The molecule has 17 heavy (non-hydrogen) atoms. The van der Waals surface area contributed by atoms with Crippen molar-refractivity contribution in [2.24, 2.45) is 0 Å². The number of hydrogen-bond acceptors (Lipinski definition) is 4. The molecule has 0 radical (unpaired) electrons. The van der Waals surface area contributed by atoms with Gasteiger partial charge in [0.1, 0.15) is 5.69 Å². The lowest BCUT2D eigenvalue weighted by Gasteiger charge is -1.97. The zero-order chi connectivity index (χ0) is 12.4. The number of nitrogens with one attached hydrogen (secondary N) is 2. The largest absolute Gasteiger partial charge is 0.477 e. The van der Waals surface area contributed by atoms with Gasteiger partial charge in [-0.25, -0.2) is 4.79 Å². The van der Waals surface area contributed by atoms with Gasteiger partial charge in [0, 0.05) is 11.4 Å². The van der Waals surface area contributed by atoms with Gasteiger partial charge in [-0.15, -0.1) is 11.3 Å². The van der Waals surface area contributed by atoms with Gasteiger partial charge in [-0.2, -0.15) is 5.10 Å². The zero-order valence-electron chi connectivity index (χ0n) is 8.23. The second-order valence-electron chi connectivity index (χ2n) is 3.07. The van der Waals surface area contributed by atoms with Crippen LogP contribution >= 0.6 is 27.3 Å². The van der Waals surface area contributed by atoms with Crippen molar-refractivity contribution < 1.29 is 14.7 Å². The molecular weight excluding hydrogens is 310 g/mol. The number of aromatic amines is 1. The third kappa shape index (κ3) is 2.71. The SMILES string of the molecule is O=C(Nc1cc(C(=O)O)[nH]n1)c1csc(Br)c1. The van der Waals surface area contributed by atoms with Crippen molar-refractivity contribution in [2.45, 2.75) is 0 Å². The molecule has 0 bridgehead atoms. The number of thiophene rings is 1. The molecule has 0 aromatic carbocycles. The fraction of sp³-hybridized carbons (Fsp3) is 0. The summed E-state index contributed by atoms with van der Waals surface area (Å²) in [4.78, 5) is 22.3. The van der Waals surface area contributed by atoms with Gasteiger partial charge in [-0.05, 0) is 22.0 Å². The van der Waals surface area contributed by atoms with Crippen molar-refractivity contribution in [3.05, 3.63) is 32.6 Å². The van der Waals surface area contributed by atoms with Crippen LogP contribution in [-0.4, -0.2) is 27.2 Å². The molecule has 0 aliphatic rings. The molecule has 1 amide bonds. The van der Waals surface area contributed by atoms with Crippen LogP contribution < -0.4 is 5.32 Å². The van der Waals surface area contributed by atoms with Gasteiger partial charge < -0.3 is 10.4 Å². The fourth-order valence-electron chi connectivity index (χ4n) is 1.11. The van der Waals surface area contributed by atoms with E-state index in [-0.39, 0.29) is 17.4 Å². The van der Waals surface area contributed by atoms with Crippen LogP contribution in [0.25, 0.3) is 0 Å². The van der Waals surface area contributed by atoms with E-state index in [1.807, 2.05) is 0 Å². The standard InChI is InChI=1S/C9H6BrN3O3S/c10-6-1-4(3-17-6)8(14)11-7-2-5(9(15)16)12-13-7/h1-3H,(H,15,16)(H2,11,12,13,14). The third-order valence-electron chi connectivity index (χ3n) is 1.88. The Kier molecular flexibility index (Phi) is 3.25. The van der Waals surface area contributed by atoms with E-state index >= 15 is 0 Å². The summed E-state index contributed by atoms with van der Waals surface area (Å²) in [6.45, 7) is 0. The van der Waals surface area contributed by atoms with Crippen LogP contribution in [0.15, 0.2) is 21.3 Å². The summed E-state index contributed by atoms with van der Waals surface area (Å²) in [6.07, 6.45) is 0. The van der Waals surface area contributed by atoms with E-state index in [1.54, 1.807) is 11.4 Å². The van der Waals surface area contributed by atoms with Crippen molar-refractivity contribution in [2.75, 3.05) is 5.32 Å². The lowest BCUT2D eigenvalue weighted by Crippen LogP contribution is -2.10. The number of aromatic nitrogens is 2. The van der Waals surface area contributed by atoms with Crippen LogP contribution in [0.1, 0.15) is 20.8 Å². The van der Waals surface area contributed by atoms with Crippen LogP contribution in [0.3, 0.4) is 0 Å². The van der Waals surface area contributed by atoms with Crippen LogP contribution in [0.2, 0.25) is 0 Å². The van der Waals surface area contributed by atoms with Gasteiger partial charge in [0.05, 0.1) is 9.35 Å². The summed E-state index contributed by atoms with van der Waals surface area (Å²) in [7, 11) is 0. The average molecular weight is 316 g/mol. The number of nitrogens with zero attached hydrogens (tertiary/aromatic N) is 1. The summed E-state index contributed by atoms with van der Waals surface area (Å²) >= 11 is 4.63. The highest BCUT2D eigenvalue weighted by Gasteiger charge is 2.12. The lowest BCUT2D eigenvalue weighted by molar-refractivity contribution is 0.0690. The van der Waals surface area contributed by atoms with Gasteiger partial charge in [-0.1, -0.05) is 0 Å². The first-order chi connectivity index (χ1) is 8.06. The normalized spacial score (nSPS) is 10.2. The molecule has 6 nitrogen and oxygen atoms in total. The van der Waals surface area contributed by atoms with Gasteiger partial charge in [0.2, 0.25) is 0 Å². The van der Waals surface area contributed by atoms with Gasteiger partial charge in [-0.3, -0.25) is 9.89 Å². The molecule has 0 saturated carbocycles. The van der Waals surface area contributed by atoms with E-state index in [0.717, 1.165) is 3.79 Å². The molecule has 0 saturated heterocycles. The monoisotopic (exact) mass is 315 g/mol. The highest BCUT2D eigenvalue weighted by Crippen LogP contribution is 2.21. The minimum Gasteiger partial charge on any atom is -0.477 e. The molecule has 3 N–H and O–H groups in total. The minimum atomic E-state index is -1.13. The molecule has 0 aliphatic carbocycles. The highest BCUT2D eigenvalue weighted by molar-refractivity contribution is 9.11. The van der Waals surface area contributed by atoms with Crippen molar-refractivity contribution in [3.63, 3.8) is 0 Å². The Bertz CT molecular complexity index is 578. The summed E-state index contributed by atoms with van der Waals surface area (Å²) in [5, 5.41) is 18.8. The van der Waals surface area contributed by atoms with Crippen LogP contribution in [0.5, 0.6) is 0 Å². The van der Waals surface area contributed by atoms with Crippen molar-refractivity contribution >= 4 is 45.0 Å². The summed E-state index contributed by atoms with van der Waals surface area (Å²) in [5.74, 6) is -1.29. The lowest BCUT2D eigenvalue weighted by atomic mass is 10.3. The van der Waals surface area contributed by atoms with Crippen LogP contribution in [0.4, 0.5) is 5.82 Å². The number of carbonyl (C=O) groups excluding carboxylic acids is 1. The molecule has 0 aliphatic heterocycles. The second kappa shape index (κ2) is 4.68. The number of hydrogen-bond donors (Lipinski definition) is 3. The van der Waals surface area contributed by atoms with Gasteiger partial charge in [0.25, 0.3) is 5.91 Å². The van der Waals surface area contributed by atoms with Crippen molar-refractivity contribution in [3.8, 4) is 0 Å². The van der Waals surface area contributed by atoms with Crippen LogP contribution in [0, 0.1) is 0 Å². The van der Waals surface area contributed by atoms with E-state index in [4.69, 9.17) is 5.11 Å². The molecule has 2 heterocycles. The first-order valence-corrected chi connectivity index (χ1v) is 6.07. The Hall–Kier alpha value is -1.67. The Labute approximate surface area is 108 Å². The number of anilines is 1.